The van der Waals surface area contributed by atoms with Crippen molar-refractivity contribution in [3.63, 3.8) is 0 Å². The molecule has 3 N–H and O–H groups in total. The van der Waals surface area contributed by atoms with Gasteiger partial charge in [-0.2, -0.15) is 5.10 Å². The summed E-state index contributed by atoms with van der Waals surface area (Å²) >= 11 is 7.92. The molecule has 3 rings (SSSR count). The van der Waals surface area contributed by atoms with E-state index in [1.54, 1.807) is 67.8 Å². The highest BCUT2D eigenvalue weighted by molar-refractivity contribution is 14.1. The van der Waals surface area contributed by atoms with Crippen molar-refractivity contribution in [3.05, 3.63) is 80.4 Å². The number of nitrogens with one attached hydrogen (secondary N) is 3. The van der Waals surface area contributed by atoms with Gasteiger partial charge in [0.25, 0.3) is 5.91 Å². The molecule has 0 bridgehead atoms. The lowest BCUT2D eigenvalue weighted by Crippen LogP contribution is -2.37. The molecule has 0 aliphatic rings. The first kappa shape index (κ1) is 29.7. The van der Waals surface area contributed by atoms with Crippen LogP contribution in [-0.4, -0.2) is 44.3 Å². The highest BCUT2D eigenvalue weighted by atomic mass is 127. The maximum absolute atomic E-state index is 12.3. The summed E-state index contributed by atoms with van der Waals surface area (Å²) in [5.74, 6) is -0.608. The summed E-state index contributed by atoms with van der Waals surface area (Å²) in [4.78, 5) is 36.5. The first-order valence-corrected chi connectivity index (χ1v) is 13.1. The fourth-order valence-electron chi connectivity index (χ4n) is 3.16. The van der Waals surface area contributed by atoms with E-state index in [-0.39, 0.29) is 19.1 Å². The molecule has 3 aromatic rings. The van der Waals surface area contributed by atoms with E-state index < -0.39 is 11.8 Å². The molecule has 3 aromatic carbocycles. The van der Waals surface area contributed by atoms with Crippen molar-refractivity contribution >= 4 is 63.8 Å². The van der Waals surface area contributed by atoms with Crippen LogP contribution in [0.25, 0.3) is 0 Å². The van der Waals surface area contributed by atoms with E-state index >= 15 is 0 Å². The summed E-state index contributed by atoms with van der Waals surface area (Å²) in [6.45, 7) is 2.10. The van der Waals surface area contributed by atoms with Crippen LogP contribution >= 0.6 is 34.2 Å². The maximum Gasteiger partial charge on any atom is 0.329 e. The number of methoxy groups -OCH3 is 1. The number of anilines is 1. The van der Waals surface area contributed by atoms with Gasteiger partial charge in [0.15, 0.2) is 18.1 Å². The monoisotopic (exact) mass is 664 g/mol. The Hall–Kier alpha value is -3.84. The van der Waals surface area contributed by atoms with Crippen LogP contribution in [0.5, 0.6) is 17.2 Å². The van der Waals surface area contributed by atoms with Gasteiger partial charge in [0.1, 0.15) is 5.75 Å². The smallest absolute Gasteiger partial charge is 0.329 e. The molecule has 0 fully saturated rings. The molecule has 39 heavy (non-hydrogen) atoms. The minimum atomic E-state index is -0.911. The van der Waals surface area contributed by atoms with Crippen molar-refractivity contribution in [2.45, 2.75) is 13.5 Å². The Morgan fingerprint density at radius 1 is 1.00 bits per heavy atom. The number of hydrazone groups is 1. The number of benzene rings is 3. The van der Waals surface area contributed by atoms with E-state index in [9.17, 15) is 14.4 Å². The molecule has 0 aliphatic heterocycles. The van der Waals surface area contributed by atoms with Crippen LogP contribution < -0.4 is 30.3 Å². The highest BCUT2D eigenvalue weighted by Gasteiger charge is 2.15. The molecule has 0 saturated carbocycles. The van der Waals surface area contributed by atoms with Gasteiger partial charge in [-0.25, -0.2) is 5.43 Å². The molecule has 3 amide bonds. The number of carbonyl (C=O) groups is 3. The molecule has 0 aliphatic carbocycles. The van der Waals surface area contributed by atoms with Crippen LogP contribution in [0.15, 0.2) is 65.8 Å². The van der Waals surface area contributed by atoms with Gasteiger partial charge < -0.3 is 24.8 Å². The number of amides is 3. The predicted octanol–water partition coefficient (Wildman–Crippen LogP) is 4.14. The zero-order valence-electron chi connectivity index (χ0n) is 21.1. The first-order valence-electron chi connectivity index (χ1n) is 11.7. The normalized spacial score (nSPS) is 10.6. The van der Waals surface area contributed by atoms with Crippen LogP contribution in [0.4, 0.5) is 5.69 Å². The second-order valence-electron chi connectivity index (χ2n) is 7.84. The number of rotatable bonds is 11. The van der Waals surface area contributed by atoms with Crippen LogP contribution in [0.3, 0.4) is 0 Å². The van der Waals surface area contributed by atoms with Crippen molar-refractivity contribution in [2.75, 3.05) is 25.6 Å². The Labute approximate surface area is 244 Å². The number of halogens is 2. The average molecular weight is 665 g/mol. The summed E-state index contributed by atoms with van der Waals surface area (Å²) in [6.07, 6.45) is 1.37. The van der Waals surface area contributed by atoms with Crippen molar-refractivity contribution < 1.29 is 28.6 Å². The standard InChI is InChI=1S/C27H26ClIN4O6/c1-3-38-23-13-18(12-22(29)25(23)39-16-24(34)32-20-8-6-19(28)7-9-20)15-31-33-27(36)26(35)30-14-17-4-10-21(37-2)11-5-17/h4-13,15H,3,14,16H2,1-2H3,(H,30,35)(H,32,34)(H,33,36)/b31-15-. The third-order valence-electron chi connectivity index (χ3n) is 5.01. The van der Waals surface area contributed by atoms with Gasteiger partial charge in [-0.1, -0.05) is 23.7 Å². The average Bonchev–Trinajstić information content (AvgIpc) is 2.93. The van der Waals surface area contributed by atoms with Crippen LogP contribution in [-0.2, 0) is 20.9 Å². The van der Waals surface area contributed by atoms with Crippen molar-refractivity contribution in [1.82, 2.24) is 10.7 Å². The summed E-state index contributed by atoms with van der Waals surface area (Å²) in [7, 11) is 1.56. The molecule has 0 spiro atoms. The molecule has 204 valence electrons. The summed E-state index contributed by atoms with van der Waals surface area (Å²) in [5.41, 5.74) is 4.19. The van der Waals surface area contributed by atoms with Crippen LogP contribution in [0.2, 0.25) is 5.02 Å². The summed E-state index contributed by atoms with van der Waals surface area (Å²) in [5, 5.41) is 9.68. The number of carbonyl (C=O) groups excluding carboxylic acids is 3. The first-order chi connectivity index (χ1) is 18.8. The minimum Gasteiger partial charge on any atom is -0.497 e. The van der Waals surface area contributed by atoms with E-state index in [0.717, 1.165) is 5.56 Å². The van der Waals surface area contributed by atoms with Crippen molar-refractivity contribution in [3.8, 4) is 17.2 Å². The van der Waals surface area contributed by atoms with E-state index in [1.165, 1.54) is 6.21 Å². The second kappa shape index (κ2) is 14.9. The minimum absolute atomic E-state index is 0.176. The Balaban J connectivity index is 1.55. The predicted molar refractivity (Wildman–Crippen MR) is 156 cm³/mol. The number of ether oxygens (including phenoxy) is 3. The third-order valence-corrected chi connectivity index (χ3v) is 6.06. The number of hydrogen-bond donors (Lipinski definition) is 3. The highest BCUT2D eigenvalue weighted by Crippen LogP contribution is 2.34. The zero-order valence-corrected chi connectivity index (χ0v) is 24.0. The largest absolute Gasteiger partial charge is 0.497 e. The molecular formula is C27H26ClIN4O6. The Morgan fingerprint density at radius 3 is 2.38 bits per heavy atom. The number of hydrogen-bond acceptors (Lipinski definition) is 7. The van der Waals surface area contributed by atoms with Gasteiger partial charge in [-0.05, 0) is 89.2 Å². The van der Waals surface area contributed by atoms with Crippen molar-refractivity contribution in [1.29, 1.82) is 0 Å². The fourth-order valence-corrected chi connectivity index (χ4v) is 4.06. The van der Waals surface area contributed by atoms with Gasteiger partial charge >= 0.3 is 11.8 Å². The maximum atomic E-state index is 12.3. The SMILES string of the molecule is CCOc1cc(/C=N\NC(=O)C(=O)NCc2ccc(OC)cc2)cc(I)c1OCC(=O)Nc1ccc(Cl)cc1. The lowest BCUT2D eigenvalue weighted by Gasteiger charge is -2.14. The lowest BCUT2D eigenvalue weighted by atomic mass is 10.2. The topological polar surface area (TPSA) is 127 Å². The Morgan fingerprint density at radius 2 is 1.72 bits per heavy atom. The van der Waals surface area contributed by atoms with Crippen molar-refractivity contribution in [2.24, 2.45) is 5.10 Å². The lowest BCUT2D eigenvalue weighted by molar-refractivity contribution is -0.139. The van der Waals surface area contributed by atoms with Gasteiger partial charge in [0, 0.05) is 17.3 Å². The number of nitrogens with zero attached hydrogens (tertiary/aromatic N) is 1. The Bertz CT molecular complexity index is 1330. The van der Waals surface area contributed by atoms with Gasteiger partial charge in [-0.3, -0.25) is 14.4 Å². The van der Waals surface area contributed by atoms with Gasteiger partial charge in [0.05, 0.1) is 23.5 Å². The summed E-state index contributed by atoms with van der Waals surface area (Å²) in [6, 6.07) is 17.2. The molecule has 0 unspecified atom stereocenters. The van der Waals surface area contributed by atoms with Gasteiger partial charge in [-0.15, -0.1) is 0 Å². The Kier molecular flexibility index (Phi) is 11.4. The van der Waals surface area contributed by atoms with Crippen LogP contribution in [0.1, 0.15) is 18.1 Å². The van der Waals surface area contributed by atoms with E-state index in [2.05, 4.69) is 21.2 Å². The third kappa shape index (κ3) is 9.45. The van der Waals surface area contributed by atoms with Gasteiger partial charge in [0.2, 0.25) is 0 Å². The second-order valence-corrected chi connectivity index (χ2v) is 9.44. The molecule has 0 radical (unpaired) electrons. The quantitative estimate of drug-likeness (QED) is 0.123. The molecule has 12 heteroatoms. The van der Waals surface area contributed by atoms with E-state index in [4.69, 9.17) is 25.8 Å². The fraction of sp³-hybridized carbons (Fsp3) is 0.185. The molecular weight excluding hydrogens is 639 g/mol. The molecule has 0 atom stereocenters. The van der Waals surface area contributed by atoms with E-state index in [1.807, 2.05) is 29.5 Å². The molecule has 10 nitrogen and oxygen atoms in total. The van der Waals surface area contributed by atoms with E-state index in [0.29, 0.717) is 43.7 Å². The molecule has 0 heterocycles. The zero-order chi connectivity index (χ0) is 28.2. The molecule has 0 aromatic heterocycles. The molecule has 0 saturated heterocycles. The summed E-state index contributed by atoms with van der Waals surface area (Å²) < 4.78 is 17.2. The van der Waals surface area contributed by atoms with Crippen LogP contribution in [0, 0.1) is 3.57 Å².